The fraction of sp³-hybridized carbons (Fsp3) is 0.375. The lowest BCUT2D eigenvalue weighted by atomic mass is 9.77. The van der Waals surface area contributed by atoms with Crippen molar-refractivity contribution in [3.63, 3.8) is 0 Å². The zero-order chi connectivity index (χ0) is 16.9. The van der Waals surface area contributed by atoms with Crippen molar-refractivity contribution in [3.8, 4) is 11.5 Å². The van der Waals surface area contributed by atoms with Gasteiger partial charge in [0.25, 0.3) is 5.89 Å². The summed E-state index contributed by atoms with van der Waals surface area (Å²) in [5, 5.41) is 3.99. The minimum absolute atomic E-state index is 0. The van der Waals surface area contributed by atoms with Crippen molar-refractivity contribution in [2.75, 3.05) is 0 Å². The van der Waals surface area contributed by atoms with Crippen molar-refractivity contribution in [1.82, 2.24) is 19.7 Å². The van der Waals surface area contributed by atoms with E-state index in [2.05, 4.69) is 15.1 Å². The second-order valence-electron chi connectivity index (χ2n) is 6.17. The zero-order valence-corrected chi connectivity index (χ0v) is 14.4. The zero-order valence-electron chi connectivity index (χ0n) is 13.6. The molecule has 0 spiro atoms. The summed E-state index contributed by atoms with van der Waals surface area (Å²) in [6.07, 6.45) is 2.76. The molecule has 25 heavy (non-hydrogen) atoms. The minimum Gasteiger partial charge on any atom is -0.334 e. The second-order valence-corrected chi connectivity index (χ2v) is 6.17. The van der Waals surface area contributed by atoms with Gasteiger partial charge in [-0.25, -0.2) is 0 Å². The van der Waals surface area contributed by atoms with Gasteiger partial charge >= 0.3 is 11.1 Å². The van der Waals surface area contributed by atoms with Crippen LogP contribution in [0, 0.1) is 0 Å². The predicted molar refractivity (Wildman–Crippen MR) is 94.8 cm³/mol. The molecule has 1 aliphatic rings. The standard InChI is InChI=1S/C16H17N5O3.ClH/c1-2-21-11-5-4-9(8-10(11)18-12(22)14(21)23)13-19-15(20-24-13)16(17)6-3-7-16;/h4-5,8H,2-3,6-7,17H2,1H3,(H,18,22);1H. The number of rotatable bonds is 3. The highest BCUT2D eigenvalue weighted by Gasteiger charge is 2.39. The first-order valence-electron chi connectivity index (χ1n) is 7.92. The van der Waals surface area contributed by atoms with E-state index < -0.39 is 16.7 Å². The molecule has 0 atom stereocenters. The molecule has 1 aromatic carbocycles. The molecule has 0 amide bonds. The summed E-state index contributed by atoms with van der Waals surface area (Å²) in [5.74, 6) is 0.856. The van der Waals surface area contributed by atoms with Crippen LogP contribution in [0.4, 0.5) is 0 Å². The van der Waals surface area contributed by atoms with Gasteiger partial charge < -0.3 is 19.8 Å². The fourth-order valence-electron chi connectivity index (χ4n) is 3.05. The summed E-state index contributed by atoms with van der Waals surface area (Å²) in [4.78, 5) is 30.7. The van der Waals surface area contributed by atoms with Gasteiger partial charge in [0.2, 0.25) is 0 Å². The maximum atomic E-state index is 11.9. The van der Waals surface area contributed by atoms with Crippen molar-refractivity contribution in [2.24, 2.45) is 5.73 Å². The Labute approximate surface area is 148 Å². The molecular weight excluding hydrogens is 346 g/mol. The maximum absolute atomic E-state index is 11.9. The number of aryl methyl sites for hydroxylation is 1. The molecular formula is C16H18ClN5O3. The van der Waals surface area contributed by atoms with E-state index in [4.69, 9.17) is 10.3 Å². The Morgan fingerprint density at radius 3 is 2.76 bits per heavy atom. The largest absolute Gasteiger partial charge is 0.334 e. The predicted octanol–water partition coefficient (Wildman–Crippen LogP) is 1.52. The first-order chi connectivity index (χ1) is 11.5. The first-order valence-corrected chi connectivity index (χ1v) is 7.92. The number of hydrogen-bond acceptors (Lipinski definition) is 6. The van der Waals surface area contributed by atoms with Crippen LogP contribution in [0.5, 0.6) is 0 Å². The van der Waals surface area contributed by atoms with Crippen LogP contribution in [0.25, 0.3) is 22.5 Å². The molecule has 3 N–H and O–H groups in total. The molecule has 0 radical (unpaired) electrons. The van der Waals surface area contributed by atoms with Gasteiger partial charge in [-0.3, -0.25) is 9.59 Å². The van der Waals surface area contributed by atoms with E-state index in [-0.39, 0.29) is 12.4 Å². The monoisotopic (exact) mass is 363 g/mol. The van der Waals surface area contributed by atoms with Crippen LogP contribution in [0.15, 0.2) is 32.3 Å². The summed E-state index contributed by atoms with van der Waals surface area (Å²) in [7, 11) is 0. The van der Waals surface area contributed by atoms with Gasteiger partial charge in [-0.1, -0.05) is 5.16 Å². The van der Waals surface area contributed by atoms with E-state index in [1.807, 2.05) is 6.92 Å². The number of nitrogens with zero attached hydrogens (tertiary/aromatic N) is 3. The van der Waals surface area contributed by atoms with Crippen molar-refractivity contribution in [1.29, 1.82) is 0 Å². The molecule has 0 saturated heterocycles. The summed E-state index contributed by atoms with van der Waals surface area (Å²) in [5.41, 5.74) is 6.37. The molecule has 0 aliphatic heterocycles. The molecule has 132 valence electrons. The van der Waals surface area contributed by atoms with E-state index in [0.29, 0.717) is 34.9 Å². The van der Waals surface area contributed by atoms with E-state index in [1.165, 1.54) is 4.57 Å². The van der Waals surface area contributed by atoms with Gasteiger partial charge in [0.15, 0.2) is 5.82 Å². The maximum Gasteiger partial charge on any atom is 0.316 e. The molecule has 4 rings (SSSR count). The van der Waals surface area contributed by atoms with Crippen molar-refractivity contribution >= 4 is 23.4 Å². The van der Waals surface area contributed by atoms with Crippen molar-refractivity contribution in [3.05, 3.63) is 44.7 Å². The van der Waals surface area contributed by atoms with Gasteiger partial charge in [0.05, 0.1) is 16.6 Å². The smallest absolute Gasteiger partial charge is 0.316 e. The van der Waals surface area contributed by atoms with Crippen LogP contribution in [-0.4, -0.2) is 19.7 Å². The fourth-order valence-corrected chi connectivity index (χ4v) is 3.05. The van der Waals surface area contributed by atoms with Gasteiger partial charge in [-0.05, 0) is 44.4 Å². The molecule has 2 heterocycles. The number of hydrogen-bond donors (Lipinski definition) is 2. The van der Waals surface area contributed by atoms with Crippen molar-refractivity contribution < 1.29 is 4.52 Å². The molecule has 8 nitrogen and oxygen atoms in total. The Morgan fingerprint density at radius 1 is 1.36 bits per heavy atom. The highest BCUT2D eigenvalue weighted by Crippen LogP contribution is 2.37. The molecule has 2 aromatic heterocycles. The molecule has 9 heteroatoms. The molecule has 3 aromatic rings. The van der Waals surface area contributed by atoms with E-state index in [9.17, 15) is 9.59 Å². The summed E-state index contributed by atoms with van der Waals surface area (Å²) in [6.45, 7) is 2.23. The van der Waals surface area contributed by atoms with Crippen LogP contribution < -0.4 is 16.9 Å². The molecule has 0 unspecified atom stereocenters. The lowest BCUT2D eigenvalue weighted by Crippen LogP contribution is -2.44. The summed E-state index contributed by atoms with van der Waals surface area (Å²) in [6, 6.07) is 5.27. The normalized spacial score (nSPS) is 15.6. The van der Waals surface area contributed by atoms with Gasteiger partial charge in [-0.15, -0.1) is 12.4 Å². The number of aromatic nitrogens is 4. The average Bonchev–Trinajstić information content (AvgIpc) is 3.04. The lowest BCUT2D eigenvalue weighted by Gasteiger charge is -2.34. The van der Waals surface area contributed by atoms with Crippen LogP contribution in [-0.2, 0) is 12.1 Å². The van der Waals surface area contributed by atoms with E-state index >= 15 is 0 Å². The number of fused-ring (bicyclic) bond motifs is 1. The van der Waals surface area contributed by atoms with E-state index in [0.717, 1.165) is 19.3 Å². The third-order valence-electron chi connectivity index (χ3n) is 4.66. The van der Waals surface area contributed by atoms with Crippen LogP contribution in [0.3, 0.4) is 0 Å². The average molecular weight is 364 g/mol. The first kappa shape index (κ1) is 17.4. The number of nitrogens with one attached hydrogen (secondary N) is 1. The molecule has 1 aliphatic carbocycles. The quantitative estimate of drug-likeness (QED) is 0.681. The van der Waals surface area contributed by atoms with Crippen LogP contribution in [0.1, 0.15) is 32.0 Å². The topological polar surface area (TPSA) is 120 Å². The van der Waals surface area contributed by atoms with Crippen LogP contribution >= 0.6 is 12.4 Å². The Bertz CT molecular complexity index is 1050. The number of H-pyrrole nitrogens is 1. The Morgan fingerprint density at radius 2 is 2.12 bits per heavy atom. The highest BCUT2D eigenvalue weighted by atomic mass is 35.5. The molecule has 1 fully saturated rings. The minimum atomic E-state index is -0.650. The van der Waals surface area contributed by atoms with Crippen molar-refractivity contribution in [2.45, 2.75) is 38.3 Å². The second kappa shape index (κ2) is 6.12. The lowest BCUT2D eigenvalue weighted by molar-refractivity contribution is 0.229. The number of nitrogens with two attached hydrogens (primary N) is 1. The highest BCUT2D eigenvalue weighted by molar-refractivity contribution is 5.85. The molecule has 0 bridgehead atoms. The number of aromatic amines is 1. The van der Waals surface area contributed by atoms with Gasteiger partial charge in [-0.2, -0.15) is 4.98 Å². The van der Waals surface area contributed by atoms with E-state index in [1.54, 1.807) is 18.2 Å². The molecule has 1 saturated carbocycles. The number of benzene rings is 1. The van der Waals surface area contributed by atoms with Gasteiger partial charge in [0.1, 0.15) is 0 Å². The third kappa shape index (κ3) is 2.67. The summed E-state index contributed by atoms with van der Waals surface area (Å²) >= 11 is 0. The Balaban J connectivity index is 0.00000182. The Kier molecular flexibility index (Phi) is 4.26. The van der Waals surface area contributed by atoms with Crippen LogP contribution in [0.2, 0.25) is 0 Å². The summed E-state index contributed by atoms with van der Waals surface area (Å²) < 4.78 is 6.76. The van der Waals surface area contributed by atoms with Gasteiger partial charge in [0, 0.05) is 12.1 Å². The Hall–Kier alpha value is -2.45. The number of halogens is 1. The third-order valence-corrected chi connectivity index (χ3v) is 4.66. The SMILES string of the molecule is CCn1c(=O)c(=O)[nH]c2cc(-c3nc(C4(N)CCC4)no3)ccc21.Cl.